The number of fused-ring (bicyclic) bond motifs is 1. The SMILES string of the molecule is Cc1csc2c(N(C)Cc3cc(N)ccc3Cl)ncnc12. The Morgan fingerprint density at radius 1 is 1.33 bits per heavy atom. The van der Waals surface area contributed by atoms with Gasteiger partial charge in [-0.2, -0.15) is 0 Å². The number of thiophene rings is 1. The van der Waals surface area contributed by atoms with Crippen LogP contribution < -0.4 is 10.6 Å². The van der Waals surface area contributed by atoms with E-state index in [9.17, 15) is 0 Å². The van der Waals surface area contributed by atoms with Crippen LogP contribution in [-0.4, -0.2) is 17.0 Å². The Labute approximate surface area is 132 Å². The molecule has 0 fully saturated rings. The monoisotopic (exact) mass is 318 g/mol. The minimum atomic E-state index is 0.646. The maximum atomic E-state index is 6.24. The van der Waals surface area contributed by atoms with Crippen molar-refractivity contribution < 1.29 is 0 Å². The zero-order valence-electron chi connectivity index (χ0n) is 11.8. The van der Waals surface area contributed by atoms with Crippen LogP contribution in [0, 0.1) is 6.92 Å². The van der Waals surface area contributed by atoms with Crippen molar-refractivity contribution in [2.24, 2.45) is 0 Å². The lowest BCUT2D eigenvalue weighted by Gasteiger charge is -2.19. The zero-order chi connectivity index (χ0) is 15.0. The molecule has 108 valence electrons. The Bertz CT molecular complexity index is 799. The van der Waals surface area contributed by atoms with Crippen LogP contribution in [0.25, 0.3) is 10.2 Å². The molecule has 0 radical (unpaired) electrons. The average Bonchev–Trinajstić information content (AvgIpc) is 2.84. The van der Waals surface area contributed by atoms with E-state index >= 15 is 0 Å². The molecule has 0 saturated heterocycles. The van der Waals surface area contributed by atoms with E-state index in [1.54, 1.807) is 23.7 Å². The average molecular weight is 319 g/mol. The molecule has 3 rings (SSSR count). The van der Waals surface area contributed by atoms with Gasteiger partial charge in [0.25, 0.3) is 0 Å². The zero-order valence-corrected chi connectivity index (χ0v) is 13.4. The Kier molecular flexibility index (Phi) is 3.69. The van der Waals surface area contributed by atoms with Gasteiger partial charge in [-0.05, 0) is 41.6 Å². The van der Waals surface area contributed by atoms with Crippen molar-refractivity contribution in [3.8, 4) is 0 Å². The molecule has 6 heteroatoms. The highest BCUT2D eigenvalue weighted by Gasteiger charge is 2.13. The fraction of sp³-hybridized carbons (Fsp3) is 0.200. The van der Waals surface area contributed by atoms with Crippen LogP contribution in [0.2, 0.25) is 5.02 Å². The number of nitrogens with two attached hydrogens (primary N) is 1. The summed E-state index contributed by atoms with van der Waals surface area (Å²) in [7, 11) is 2.00. The van der Waals surface area contributed by atoms with E-state index in [1.807, 2.05) is 19.2 Å². The number of benzene rings is 1. The van der Waals surface area contributed by atoms with Crippen molar-refractivity contribution in [1.82, 2.24) is 9.97 Å². The molecule has 2 aromatic heterocycles. The first-order chi connectivity index (χ1) is 10.1. The summed E-state index contributed by atoms with van der Waals surface area (Å²) in [5, 5.41) is 2.81. The van der Waals surface area contributed by atoms with Gasteiger partial charge in [0.15, 0.2) is 0 Å². The molecule has 0 amide bonds. The molecule has 2 heterocycles. The summed E-state index contributed by atoms with van der Waals surface area (Å²) in [5.41, 5.74) is 9.72. The predicted molar refractivity (Wildman–Crippen MR) is 90.1 cm³/mol. The second kappa shape index (κ2) is 5.50. The number of aryl methyl sites for hydroxylation is 1. The van der Waals surface area contributed by atoms with E-state index < -0.39 is 0 Å². The lowest BCUT2D eigenvalue weighted by Crippen LogP contribution is -2.18. The van der Waals surface area contributed by atoms with E-state index in [4.69, 9.17) is 17.3 Å². The predicted octanol–water partition coefficient (Wildman–Crippen LogP) is 3.87. The van der Waals surface area contributed by atoms with Gasteiger partial charge in [0.05, 0.1) is 10.2 Å². The maximum Gasteiger partial charge on any atom is 0.150 e. The summed E-state index contributed by atoms with van der Waals surface area (Å²) < 4.78 is 1.09. The molecule has 0 unspecified atom stereocenters. The topological polar surface area (TPSA) is 55.0 Å². The maximum absolute atomic E-state index is 6.24. The molecule has 0 aliphatic rings. The highest BCUT2D eigenvalue weighted by Crippen LogP contribution is 2.31. The lowest BCUT2D eigenvalue weighted by atomic mass is 10.2. The van der Waals surface area contributed by atoms with Crippen LogP contribution >= 0.6 is 22.9 Å². The van der Waals surface area contributed by atoms with Crippen LogP contribution in [0.3, 0.4) is 0 Å². The summed E-state index contributed by atoms with van der Waals surface area (Å²) in [6.07, 6.45) is 1.61. The molecule has 2 N–H and O–H groups in total. The molecular formula is C15H15ClN4S. The van der Waals surface area contributed by atoms with E-state index in [1.165, 1.54) is 5.56 Å². The molecule has 0 saturated carbocycles. The largest absolute Gasteiger partial charge is 0.399 e. The highest BCUT2D eigenvalue weighted by atomic mass is 35.5. The third-order valence-electron chi connectivity index (χ3n) is 3.35. The standard InChI is InChI=1S/C15H15ClN4S/c1-9-7-21-14-13(9)18-8-19-15(14)20(2)6-10-5-11(17)3-4-12(10)16/h3-5,7-8H,6,17H2,1-2H3. The summed E-state index contributed by atoms with van der Waals surface area (Å²) in [6.45, 7) is 2.71. The molecule has 0 atom stereocenters. The van der Waals surface area contributed by atoms with Gasteiger partial charge >= 0.3 is 0 Å². The van der Waals surface area contributed by atoms with Crippen LogP contribution in [0.1, 0.15) is 11.1 Å². The van der Waals surface area contributed by atoms with Gasteiger partial charge in [-0.25, -0.2) is 9.97 Å². The third-order valence-corrected chi connectivity index (χ3v) is 4.80. The number of halogens is 1. The number of anilines is 2. The summed E-state index contributed by atoms with van der Waals surface area (Å²) in [5.74, 6) is 0.914. The Morgan fingerprint density at radius 2 is 2.14 bits per heavy atom. The van der Waals surface area contributed by atoms with Gasteiger partial charge in [0.2, 0.25) is 0 Å². The fourth-order valence-corrected chi connectivity index (χ4v) is 3.50. The van der Waals surface area contributed by atoms with E-state index in [-0.39, 0.29) is 0 Å². The van der Waals surface area contributed by atoms with Gasteiger partial charge in [-0.3, -0.25) is 0 Å². The van der Waals surface area contributed by atoms with Gasteiger partial charge in [0.1, 0.15) is 12.1 Å². The Morgan fingerprint density at radius 3 is 2.95 bits per heavy atom. The number of nitrogen functional groups attached to an aromatic ring is 1. The molecule has 4 nitrogen and oxygen atoms in total. The van der Waals surface area contributed by atoms with Crippen molar-refractivity contribution >= 4 is 44.7 Å². The van der Waals surface area contributed by atoms with Crippen LogP contribution in [0.5, 0.6) is 0 Å². The van der Waals surface area contributed by atoms with E-state index in [0.717, 1.165) is 21.6 Å². The van der Waals surface area contributed by atoms with E-state index in [2.05, 4.69) is 27.2 Å². The molecule has 1 aromatic carbocycles. The molecule has 3 aromatic rings. The minimum Gasteiger partial charge on any atom is -0.399 e. The summed E-state index contributed by atoms with van der Waals surface area (Å²) in [4.78, 5) is 10.8. The fourth-order valence-electron chi connectivity index (χ4n) is 2.28. The van der Waals surface area contributed by atoms with Crippen molar-refractivity contribution in [1.29, 1.82) is 0 Å². The Balaban J connectivity index is 1.97. The van der Waals surface area contributed by atoms with E-state index in [0.29, 0.717) is 17.3 Å². The summed E-state index contributed by atoms with van der Waals surface area (Å²) in [6, 6.07) is 5.53. The van der Waals surface area contributed by atoms with Gasteiger partial charge in [0, 0.05) is 24.3 Å². The quantitative estimate of drug-likeness (QED) is 0.745. The first kappa shape index (κ1) is 14.1. The van der Waals surface area contributed by atoms with Gasteiger partial charge < -0.3 is 10.6 Å². The first-order valence-corrected chi connectivity index (χ1v) is 7.76. The molecule has 0 bridgehead atoms. The number of nitrogens with zero attached hydrogens (tertiary/aromatic N) is 3. The third kappa shape index (κ3) is 2.66. The van der Waals surface area contributed by atoms with Crippen molar-refractivity contribution in [3.05, 3.63) is 46.1 Å². The molecule has 0 aliphatic heterocycles. The summed E-state index contributed by atoms with van der Waals surface area (Å²) >= 11 is 7.90. The van der Waals surface area contributed by atoms with Crippen molar-refractivity contribution in [2.75, 3.05) is 17.7 Å². The highest BCUT2D eigenvalue weighted by molar-refractivity contribution is 7.18. The normalized spacial score (nSPS) is 11.0. The number of hydrogen-bond acceptors (Lipinski definition) is 5. The van der Waals surface area contributed by atoms with Gasteiger partial charge in [-0.1, -0.05) is 11.6 Å². The molecule has 0 spiro atoms. The molecule has 0 aliphatic carbocycles. The van der Waals surface area contributed by atoms with Crippen LogP contribution in [-0.2, 0) is 6.54 Å². The Hall–Kier alpha value is -1.85. The number of aromatic nitrogens is 2. The van der Waals surface area contributed by atoms with Gasteiger partial charge in [-0.15, -0.1) is 11.3 Å². The van der Waals surface area contributed by atoms with Crippen LogP contribution in [0.4, 0.5) is 11.5 Å². The van der Waals surface area contributed by atoms with Crippen molar-refractivity contribution in [3.63, 3.8) is 0 Å². The number of hydrogen-bond donors (Lipinski definition) is 1. The number of rotatable bonds is 3. The van der Waals surface area contributed by atoms with Crippen molar-refractivity contribution in [2.45, 2.75) is 13.5 Å². The minimum absolute atomic E-state index is 0.646. The lowest BCUT2D eigenvalue weighted by molar-refractivity contribution is 0.902. The smallest absolute Gasteiger partial charge is 0.150 e. The molecular weight excluding hydrogens is 304 g/mol. The second-order valence-corrected chi connectivity index (χ2v) is 6.29. The first-order valence-electron chi connectivity index (χ1n) is 6.50. The molecule has 21 heavy (non-hydrogen) atoms. The van der Waals surface area contributed by atoms with Crippen LogP contribution in [0.15, 0.2) is 29.9 Å². The second-order valence-electron chi connectivity index (χ2n) is 5.00.